The van der Waals surface area contributed by atoms with Gasteiger partial charge in [-0.05, 0) is 49.9 Å². The first kappa shape index (κ1) is 27.0. The van der Waals surface area contributed by atoms with Crippen molar-refractivity contribution < 1.29 is 32.3 Å². The highest BCUT2D eigenvalue weighted by Crippen LogP contribution is 2.48. The van der Waals surface area contributed by atoms with E-state index in [0.717, 1.165) is 41.9 Å². The van der Waals surface area contributed by atoms with Crippen molar-refractivity contribution in [2.24, 2.45) is 5.92 Å². The summed E-state index contributed by atoms with van der Waals surface area (Å²) < 4.78 is 53.6. The van der Waals surface area contributed by atoms with E-state index in [0.29, 0.717) is 51.4 Å². The Morgan fingerprint density at radius 2 is 1.95 bits per heavy atom. The Kier molecular flexibility index (Phi) is 6.49. The molecule has 4 aromatic rings. The van der Waals surface area contributed by atoms with Crippen LogP contribution in [0.25, 0.3) is 21.5 Å². The Hall–Kier alpha value is -2.86. The first-order chi connectivity index (χ1) is 19.6. The lowest BCUT2D eigenvalue weighted by molar-refractivity contribution is -0.136. The highest BCUT2D eigenvalue weighted by molar-refractivity contribution is 7.22. The summed E-state index contributed by atoms with van der Waals surface area (Å²) >= 11 is 14.0. The molecule has 41 heavy (non-hydrogen) atoms. The Balaban J connectivity index is 1.11. The summed E-state index contributed by atoms with van der Waals surface area (Å²) in [7, 11) is 0. The smallest absolute Gasteiger partial charge is 0.418 e. The normalized spacial score (nSPS) is 22.3. The molecule has 3 heterocycles. The molecular weight excluding hydrogens is 602 g/mol. The zero-order valence-electron chi connectivity index (χ0n) is 21.3. The first-order valence-electron chi connectivity index (χ1n) is 13.1. The quantitative estimate of drug-likeness (QED) is 0.223. The van der Waals surface area contributed by atoms with Gasteiger partial charge in [0.05, 0.1) is 44.1 Å². The van der Waals surface area contributed by atoms with E-state index >= 15 is 0 Å². The molecule has 0 radical (unpaired) electrons. The molecular formula is C28H22Cl2F3N3O4S. The van der Waals surface area contributed by atoms with E-state index in [1.807, 2.05) is 4.90 Å². The minimum Gasteiger partial charge on any atom is -0.478 e. The molecule has 2 bridgehead atoms. The number of rotatable bonds is 7. The van der Waals surface area contributed by atoms with Crippen molar-refractivity contribution in [3.8, 4) is 11.3 Å². The number of halogens is 5. The molecule has 0 spiro atoms. The second-order valence-electron chi connectivity index (χ2n) is 10.8. The average Bonchev–Trinajstić information content (AvgIpc) is 3.24. The maximum atomic E-state index is 13.7. The SMILES string of the molecule is O=C(O)c1cc(C(F)(F)F)c2nc(N3C[C@@H]4C[C@H]3C[C@H]4OCc3c(-c4c(Cl)cccc4Cl)noc3C3CC3)sc2c1. The lowest BCUT2D eigenvalue weighted by Crippen LogP contribution is -2.38. The van der Waals surface area contributed by atoms with Crippen LogP contribution in [-0.2, 0) is 17.5 Å². The standard InChI is InChI=1S/C28H22Cl2F3N3O4S/c29-18-2-1-3-19(30)22(18)23-16(25(40-35-23)12-4-5-12)11-39-20-9-15-6-14(20)10-36(15)27-34-24-17(28(31,32)33)7-13(26(37)38)8-21(24)41-27/h1-3,7-8,12,14-15,20H,4-6,9-11H2,(H,37,38)/t14-,15-,20+/m0/s1. The monoisotopic (exact) mass is 623 g/mol. The lowest BCUT2D eigenvalue weighted by atomic mass is 10.0. The van der Waals surface area contributed by atoms with Crippen LogP contribution < -0.4 is 4.90 Å². The molecule has 0 amide bonds. The third-order valence-electron chi connectivity index (χ3n) is 8.17. The number of fused-ring (bicyclic) bond motifs is 3. The van der Waals surface area contributed by atoms with E-state index in [-0.39, 0.29) is 34.9 Å². The molecule has 13 heteroatoms. The van der Waals surface area contributed by atoms with Gasteiger partial charge >= 0.3 is 12.1 Å². The fourth-order valence-corrected chi connectivity index (χ4v) is 7.75. The average molecular weight is 624 g/mol. The third-order valence-corrected chi connectivity index (χ3v) is 9.84. The van der Waals surface area contributed by atoms with Crippen LogP contribution in [0.5, 0.6) is 0 Å². The largest absolute Gasteiger partial charge is 0.478 e. The predicted octanol–water partition coefficient (Wildman–Crippen LogP) is 8.04. The number of hydrogen-bond acceptors (Lipinski definition) is 7. The number of carboxylic acids is 1. The summed E-state index contributed by atoms with van der Waals surface area (Å²) in [5, 5.41) is 15.1. The van der Waals surface area contributed by atoms with Gasteiger partial charge in [0.25, 0.3) is 0 Å². The summed E-state index contributed by atoms with van der Waals surface area (Å²) in [4.78, 5) is 17.8. The Morgan fingerprint density at radius 1 is 1.20 bits per heavy atom. The molecule has 7 nitrogen and oxygen atoms in total. The fourth-order valence-electron chi connectivity index (χ4n) is 6.06. The van der Waals surface area contributed by atoms with Crippen LogP contribution in [0, 0.1) is 5.92 Å². The van der Waals surface area contributed by atoms with E-state index in [9.17, 15) is 23.1 Å². The molecule has 7 rings (SSSR count). The number of thiazole rings is 1. The van der Waals surface area contributed by atoms with Gasteiger partial charge in [0.15, 0.2) is 5.13 Å². The van der Waals surface area contributed by atoms with Crippen LogP contribution in [-0.4, -0.2) is 39.9 Å². The number of aromatic carboxylic acids is 1. The van der Waals surface area contributed by atoms with Crippen LogP contribution in [0.15, 0.2) is 34.9 Å². The summed E-state index contributed by atoms with van der Waals surface area (Å²) in [6.45, 7) is 0.874. The van der Waals surface area contributed by atoms with Crippen molar-refractivity contribution in [1.29, 1.82) is 0 Å². The number of alkyl halides is 3. The summed E-state index contributed by atoms with van der Waals surface area (Å²) in [6, 6.07) is 7.25. The van der Waals surface area contributed by atoms with Gasteiger partial charge in [0, 0.05) is 35.5 Å². The molecule has 0 unspecified atom stereocenters. The van der Waals surface area contributed by atoms with Crippen LogP contribution in [0.3, 0.4) is 0 Å². The van der Waals surface area contributed by atoms with Gasteiger partial charge in [-0.1, -0.05) is 45.8 Å². The number of piperidine rings is 1. The number of nitrogens with zero attached hydrogens (tertiary/aromatic N) is 3. The van der Waals surface area contributed by atoms with Crippen molar-refractivity contribution in [3.05, 3.63) is 62.8 Å². The van der Waals surface area contributed by atoms with Gasteiger partial charge in [-0.25, -0.2) is 9.78 Å². The second kappa shape index (κ2) is 9.86. The topological polar surface area (TPSA) is 88.7 Å². The number of ether oxygens (including phenoxy) is 1. The summed E-state index contributed by atoms with van der Waals surface area (Å²) in [6.07, 6.45) is -1.20. The predicted molar refractivity (Wildman–Crippen MR) is 148 cm³/mol. The number of anilines is 1. The minimum atomic E-state index is -4.72. The lowest BCUT2D eigenvalue weighted by Gasteiger charge is -2.31. The first-order valence-corrected chi connectivity index (χ1v) is 14.7. The second-order valence-corrected chi connectivity index (χ2v) is 12.6. The van der Waals surface area contributed by atoms with Gasteiger partial charge < -0.3 is 19.3 Å². The number of carboxylic acid groups (broad SMARTS) is 1. The summed E-state index contributed by atoms with van der Waals surface area (Å²) in [5.41, 5.74) is 0.390. The summed E-state index contributed by atoms with van der Waals surface area (Å²) in [5.74, 6) is -0.143. The number of carbonyl (C=O) groups is 1. The molecule has 2 aromatic carbocycles. The van der Waals surface area contributed by atoms with E-state index in [1.54, 1.807) is 18.2 Å². The van der Waals surface area contributed by atoms with Gasteiger partial charge in [-0.15, -0.1) is 0 Å². The molecule has 2 aliphatic carbocycles. The molecule has 1 saturated heterocycles. The van der Waals surface area contributed by atoms with Gasteiger partial charge in [-0.2, -0.15) is 13.2 Å². The fraction of sp³-hybridized carbons (Fsp3) is 0.393. The van der Waals surface area contributed by atoms with E-state index in [2.05, 4.69) is 10.1 Å². The third kappa shape index (κ3) is 4.76. The Labute approximate surface area is 245 Å². The maximum absolute atomic E-state index is 13.7. The van der Waals surface area contributed by atoms with Crippen molar-refractivity contribution in [2.75, 3.05) is 11.4 Å². The van der Waals surface area contributed by atoms with Gasteiger partial charge in [0.2, 0.25) is 0 Å². The Bertz CT molecular complexity index is 1670. The van der Waals surface area contributed by atoms with Crippen molar-refractivity contribution >= 4 is 55.9 Å². The van der Waals surface area contributed by atoms with Gasteiger partial charge in [-0.3, -0.25) is 0 Å². The molecule has 214 valence electrons. The number of hydrogen-bond donors (Lipinski definition) is 1. The highest BCUT2D eigenvalue weighted by Gasteiger charge is 2.47. The van der Waals surface area contributed by atoms with Crippen LogP contribution in [0.4, 0.5) is 18.3 Å². The minimum absolute atomic E-state index is 0.0495. The molecule has 3 aliphatic rings. The van der Waals surface area contributed by atoms with E-state index < -0.39 is 23.3 Å². The molecule has 3 atom stereocenters. The van der Waals surface area contributed by atoms with Crippen LogP contribution in [0.2, 0.25) is 10.0 Å². The molecule has 1 aliphatic heterocycles. The number of benzene rings is 2. The van der Waals surface area contributed by atoms with Crippen LogP contribution >= 0.6 is 34.5 Å². The van der Waals surface area contributed by atoms with E-state index in [4.69, 9.17) is 32.5 Å². The van der Waals surface area contributed by atoms with Crippen molar-refractivity contribution in [2.45, 2.75) is 56.5 Å². The molecule has 3 fully saturated rings. The molecule has 1 N–H and O–H groups in total. The van der Waals surface area contributed by atoms with Crippen LogP contribution in [0.1, 0.15) is 58.8 Å². The van der Waals surface area contributed by atoms with Gasteiger partial charge in [0.1, 0.15) is 11.5 Å². The Morgan fingerprint density at radius 3 is 2.59 bits per heavy atom. The molecule has 2 saturated carbocycles. The van der Waals surface area contributed by atoms with Crippen molar-refractivity contribution in [3.63, 3.8) is 0 Å². The zero-order chi connectivity index (χ0) is 28.6. The highest BCUT2D eigenvalue weighted by atomic mass is 35.5. The van der Waals surface area contributed by atoms with E-state index in [1.165, 1.54) is 6.07 Å². The van der Waals surface area contributed by atoms with Crippen molar-refractivity contribution in [1.82, 2.24) is 10.1 Å². The zero-order valence-corrected chi connectivity index (χ0v) is 23.6. The maximum Gasteiger partial charge on any atom is 0.418 e. The molecule has 2 aromatic heterocycles. The number of aromatic nitrogens is 2.